The van der Waals surface area contributed by atoms with Gasteiger partial charge in [-0.1, -0.05) is 36.4 Å². The summed E-state index contributed by atoms with van der Waals surface area (Å²) in [6.07, 6.45) is -1.05. The second-order valence-corrected chi connectivity index (χ2v) is 8.39. The molecule has 6 nitrogen and oxygen atoms in total. The van der Waals surface area contributed by atoms with Crippen LogP contribution in [0.1, 0.15) is 29.2 Å². The van der Waals surface area contributed by atoms with E-state index in [0.29, 0.717) is 19.8 Å². The van der Waals surface area contributed by atoms with Gasteiger partial charge in [0.15, 0.2) is 0 Å². The Morgan fingerprint density at radius 2 is 1.87 bits per heavy atom. The van der Waals surface area contributed by atoms with Crippen molar-refractivity contribution in [1.29, 1.82) is 0 Å². The van der Waals surface area contributed by atoms with Crippen molar-refractivity contribution in [2.45, 2.75) is 43.3 Å². The summed E-state index contributed by atoms with van der Waals surface area (Å²) >= 11 is 0. The maximum Gasteiger partial charge on any atom is 0.252 e. The number of aliphatic hydroxyl groups is 1. The molecule has 0 aromatic heterocycles. The van der Waals surface area contributed by atoms with Gasteiger partial charge in [-0.2, -0.15) is 0 Å². The number of carbonyl (C=O) groups is 1. The minimum absolute atomic E-state index is 0.0167. The van der Waals surface area contributed by atoms with E-state index in [0.717, 1.165) is 17.5 Å². The van der Waals surface area contributed by atoms with Crippen molar-refractivity contribution < 1.29 is 28.5 Å². The second-order valence-electron chi connectivity index (χ2n) is 8.39. The van der Waals surface area contributed by atoms with E-state index in [1.54, 1.807) is 17.0 Å². The van der Waals surface area contributed by atoms with Crippen molar-refractivity contribution in [3.63, 3.8) is 0 Å². The number of halogens is 1. The van der Waals surface area contributed by atoms with E-state index in [9.17, 15) is 14.3 Å². The summed E-state index contributed by atoms with van der Waals surface area (Å²) in [5.74, 6) is -0.472. The Morgan fingerprint density at radius 3 is 2.58 bits per heavy atom. The van der Waals surface area contributed by atoms with Crippen LogP contribution in [-0.2, 0) is 25.4 Å². The Balaban J connectivity index is 1.36. The average Bonchev–Trinajstić information content (AvgIpc) is 2.76. The number of nitrogens with zero attached hydrogens (tertiary/aromatic N) is 1. The van der Waals surface area contributed by atoms with Crippen LogP contribution in [0.3, 0.4) is 0 Å². The minimum Gasteiger partial charge on any atom is -0.390 e. The molecule has 31 heavy (non-hydrogen) atoms. The molecule has 2 aromatic rings. The largest absolute Gasteiger partial charge is 0.390 e. The van der Waals surface area contributed by atoms with E-state index < -0.39 is 18.3 Å². The second kappa shape index (κ2) is 8.67. The van der Waals surface area contributed by atoms with Crippen molar-refractivity contribution in [3.05, 3.63) is 71.0 Å². The van der Waals surface area contributed by atoms with Crippen molar-refractivity contribution in [2.24, 2.45) is 0 Å². The van der Waals surface area contributed by atoms with Gasteiger partial charge in [0.25, 0.3) is 5.91 Å². The molecule has 3 aliphatic heterocycles. The molecule has 3 heterocycles. The zero-order valence-corrected chi connectivity index (χ0v) is 17.2. The molecule has 2 saturated heterocycles. The number of fused-ring (bicyclic) bond motifs is 1. The van der Waals surface area contributed by atoms with Crippen LogP contribution in [0.4, 0.5) is 4.39 Å². The number of hydrogen-bond donors (Lipinski definition) is 1. The summed E-state index contributed by atoms with van der Waals surface area (Å²) < 4.78 is 30.3. The van der Waals surface area contributed by atoms with Crippen LogP contribution < -0.4 is 0 Å². The SMILES string of the molecule is O=C([C@H]1C[C@H](O)[C@@H](OC2COC2)CO1)N1CCc2ccccc2[C@@H]1c1ccc(F)cc1. The topological polar surface area (TPSA) is 68.2 Å². The lowest BCUT2D eigenvalue weighted by molar-refractivity contribution is -0.214. The van der Waals surface area contributed by atoms with Gasteiger partial charge < -0.3 is 24.2 Å². The van der Waals surface area contributed by atoms with Gasteiger partial charge in [0.2, 0.25) is 0 Å². The minimum atomic E-state index is -0.773. The number of rotatable bonds is 4. The standard InChI is InChI=1S/C24H26FNO5/c25-17-7-5-16(6-8-17)23-19-4-2-1-3-15(19)9-10-26(23)24(28)21-11-20(27)22(14-30-21)31-18-12-29-13-18/h1-8,18,20-23,27H,9-14H2/t20-,21+,22-,23-/m0/s1. The molecule has 2 aromatic carbocycles. The molecule has 0 spiro atoms. The maximum absolute atomic E-state index is 13.5. The lowest BCUT2D eigenvalue weighted by atomic mass is 9.87. The summed E-state index contributed by atoms with van der Waals surface area (Å²) in [4.78, 5) is 15.3. The smallest absolute Gasteiger partial charge is 0.252 e. The third-order valence-electron chi connectivity index (χ3n) is 6.35. The number of benzene rings is 2. The lowest BCUT2D eigenvalue weighted by Crippen LogP contribution is -2.53. The Labute approximate surface area is 180 Å². The Morgan fingerprint density at radius 1 is 1.10 bits per heavy atom. The van der Waals surface area contributed by atoms with Crippen LogP contribution in [0.2, 0.25) is 0 Å². The maximum atomic E-state index is 13.5. The van der Waals surface area contributed by atoms with Gasteiger partial charge in [0, 0.05) is 13.0 Å². The van der Waals surface area contributed by atoms with E-state index >= 15 is 0 Å². The highest BCUT2D eigenvalue weighted by molar-refractivity contribution is 5.82. The van der Waals surface area contributed by atoms with E-state index in [1.807, 2.05) is 18.2 Å². The van der Waals surface area contributed by atoms with E-state index in [1.165, 1.54) is 17.7 Å². The van der Waals surface area contributed by atoms with Gasteiger partial charge in [-0.3, -0.25) is 4.79 Å². The molecule has 164 valence electrons. The molecule has 3 aliphatic rings. The lowest BCUT2D eigenvalue weighted by Gasteiger charge is -2.42. The predicted molar refractivity (Wildman–Crippen MR) is 110 cm³/mol. The molecule has 7 heteroatoms. The number of aliphatic hydroxyl groups excluding tert-OH is 1. The van der Waals surface area contributed by atoms with Crippen LogP contribution >= 0.6 is 0 Å². The van der Waals surface area contributed by atoms with Crippen molar-refractivity contribution in [2.75, 3.05) is 26.4 Å². The number of carbonyl (C=O) groups excluding carboxylic acids is 1. The van der Waals surface area contributed by atoms with Crippen molar-refractivity contribution in [3.8, 4) is 0 Å². The predicted octanol–water partition coefficient (Wildman–Crippen LogP) is 2.23. The number of amides is 1. The zero-order chi connectivity index (χ0) is 21.4. The molecule has 5 rings (SSSR count). The highest BCUT2D eigenvalue weighted by Crippen LogP contribution is 2.36. The van der Waals surface area contributed by atoms with Crippen LogP contribution in [0.5, 0.6) is 0 Å². The van der Waals surface area contributed by atoms with E-state index in [-0.39, 0.29) is 36.9 Å². The first kappa shape index (κ1) is 20.6. The molecule has 1 N–H and O–H groups in total. The molecular formula is C24H26FNO5. The molecule has 0 unspecified atom stereocenters. The molecule has 0 bridgehead atoms. The van der Waals surface area contributed by atoms with Crippen molar-refractivity contribution >= 4 is 5.91 Å². The number of ether oxygens (including phenoxy) is 3. The molecule has 4 atom stereocenters. The summed E-state index contributed by atoms with van der Waals surface area (Å²) in [5, 5.41) is 10.6. The Bertz CT molecular complexity index is 932. The molecule has 1 amide bonds. The quantitative estimate of drug-likeness (QED) is 0.811. The van der Waals surface area contributed by atoms with Gasteiger partial charge in [-0.05, 0) is 35.2 Å². The third kappa shape index (κ3) is 4.11. The fourth-order valence-corrected chi connectivity index (χ4v) is 4.60. The molecule has 0 saturated carbocycles. The average molecular weight is 427 g/mol. The first-order chi connectivity index (χ1) is 15.1. The fourth-order valence-electron chi connectivity index (χ4n) is 4.60. The van der Waals surface area contributed by atoms with Crippen LogP contribution in [0, 0.1) is 5.82 Å². The van der Waals surface area contributed by atoms with Gasteiger partial charge in [0.05, 0.1) is 32.0 Å². The van der Waals surface area contributed by atoms with Crippen LogP contribution in [0.15, 0.2) is 48.5 Å². The number of hydrogen-bond acceptors (Lipinski definition) is 5. The van der Waals surface area contributed by atoms with E-state index in [4.69, 9.17) is 14.2 Å². The molecule has 0 aliphatic carbocycles. The van der Waals surface area contributed by atoms with Gasteiger partial charge in [-0.25, -0.2) is 4.39 Å². The molecule has 0 radical (unpaired) electrons. The summed E-state index contributed by atoms with van der Waals surface area (Å²) in [6.45, 7) is 1.75. The Kier molecular flexibility index (Phi) is 5.75. The zero-order valence-electron chi connectivity index (χ0n) is 17.2. The van der Waals surface area contributed by atoms with E-state index in [2.05, 4.69) is 6.07 Å². The van der Waals surface area contributed by atoms with Crippen LogP contribution in [0.25, 0.3) is 0 Å². The normalized spacial score (nSPS) is 28.6. The van der Waals surface area contributed by atoms with Gasteiger partial charge in [-0.15, -0.1) is 0 Å². The first-order valence-electron chi connectivity index (χ1n) is 10.8. The summed E-state index contributed by atoms with van der Waals surface area (Å²) in [5.41, 5.74) is 3.07. The highest BCUT2D eigenvalue weighted by atomic mass is 19.1. The molecule has 2 fully saturated rings. The first-order valence-corrected chi connectivity index (χ1v) is 10.8. The third-order valence-corrected chi connectivity index (χ3v) is 6.35. The van der Waals surface area contributed by atoms with Gasteiger partial charge >= 0.3 is 0 Å². The monoisotopic (exact) mass is 427 g/mol. The summed E-state index contributed by atoms with van der Waals surface area (Å²) in [7, 11) is 0. The van der Waals surface area contributed by atoms with Gasteiger partial charge in [0.1, 0.15) is 24.1 Å². The van der Waals surface area contributed by atoms with Crippen LogP contribution in [-0.4, -0.2) is 66.7 Å². The molecular weight excluding hydrogens is 401 g/mol. The summed E-state index contributed by atoms with van der Waals surface area (Å²) in [6, 6.07) is 14.0. The Hall–Kier alpha value is -2.32. The fraction of sp³-hybridized carbons (Fsp3) is 0.458. The highest BCUT2D eigenvalue weighted by Gasteiger charge is 2.41. The van der Waals surface area contributed by atoms with Crippen molar-refractivity contribution in [1.82, 2.24) is 4.90 Å².